The molecule has 0 heterocycles. The zero-order valence-corrected chi connectivity index (χ0v) is 12.8. The van der Waals surface area contributed by atoms with Gasteiger partial charge in [0.1, 0.15) is 0 Å². The van der Waals surface area contributed by atoms with E-state index >= 15 is 0 Å². The van der Waals surface area contributed by atoms with Gasteiger partial charge in [-0.05, 0) is 49.3 Å². The van der Waals surface area contributed by atoms with Crippen LogP contribution in [0, 0.1) is 5.41 Å². The van der Waals surface area contributed by atoms with Crippen molar-refractivity contribution in [2.45, 2.75) is 50.9 Å². The molecular weight excluding hydrogens is 278 g/mol. The van der Waals surface area contributed by atoms with Gasteiger partial charge in [0.05, 0.1) is 5.41 Å². The Bertz CT molecular complexity index is 554. The number of carboxylic acids is 1. The van der Waals surface area contributed by atoms with E-state index in [4.69, 9.17) is 5.11 Å². The van der Waals surface area contributed by atoms with Crippen LogP contribution in [-0.2, 0) is 4.79 Å². The second-order valence-corrected chi connectivity index (χ2v) is 6.73. The molecule has 0 saturated heterocycles. The molecule has 4 heteroatoms. The second kappa shape index (κ2) is 6.11. The average Bonchev–Trinajstić information content (AvgIpc) is 3.35. The molecule has 0 bridgehead atoms. The summed E-state index contributed by atoms with van der Waals surface area (Å²) in [4.78, 5) is 23.2. The Labute approximate surface area is 130 Å². The van der Waals surface area contributed by atoms with Crippen molar-refractivity contribution >= 4 is 11.9 Å². The van der Waals surface area contributed by atoms with Gasteiger partial charge in [0, 0.05) is 12.1 Å². The van der Waals surface area contributed by atoms with Crippen LogP contribution in [0.25, 0.3) is 0 Å². The average molecular weight is 301 g/mol. The summed E-state index contributed by atoms with van der Waals surface area (Å²) >= 11 is 0. The largest absolute Gasteiger partial charge is 0.481 e. The molecule has 2 aliphatic carbocycles. The lowest BCUT2D eigenvalue weighted by Crippen LogP contribution is -2.34. The van der Waals surface area contributed by atoms with E-state index in [9.17, 15) is 9.59 Å². The van der Waals surface area contributed by atoms with Crippen LogP contribution in [0.3, 0.4) is 0 Å². The minimum absolute atomic E-state index is 0.178. The molecule has 2 N–H and O–H groups in total. The van der Waals surface area contributed by atoms with Crippen LogP contribution in [-0.4, -0.2) is 23.5 Å². The summed E-state index contributed by atoms with van der Waals surface area (Å²) in [5.74, 6) is -0.351. The number of benzene rings is 1. The Morgan fingerprint density at radius 1 is 1.09 bits per heavy atom. The fraction of sp³-hybridized carbons (Fsp3) is 0.556. The van der Waals surface area contributed by atoms with Gasteiger partial charge in [-0.1, -0.05) is 31.4 Å². The number of nitrogens with one attached hydrogen (secondary N) is 1. The van der Waals surface area contributed by atoms with Gasteiger partial charge in [-0.15, -0.1) is 0 Å². The highest BCUT2D eigenvalue weighted by molar-refractivity contribution is 5.94. The highest BCUT2D eigenvalue weighted by atomic mass is 16.4. The maximum atomic E-state index is 12.1. The summed E-state index contributed by atoms with van der Waals surface area (Å²) < 4.78 is 0. The van der Waals surface area contributed by atoms with Crippen LogP contribution in [0.1, 0.15) is 66.8 Å². The Morgan fingerprint density at radius 2 is 1.73 bits per heavy atom. The number of carbonyl (C=O) groups is 2. The van der Waals surface area contributed by atoms with E-state index in [0.29, 0.717) is 24.3 Å². The molecular formula is C18H23NO3. The smallest absolute Gasteiger partial charge is 0.311 e. The molecule has 0 atom stereocenters. The fourth-order valence-electron chi connectivity index (χ4n) is 3.31. The molecule has 0 aromatic heterocycles. The molecule has 2 fully saturated rings. The van der Waals surface area contributed by atoms with Gasteiger partial charge in [-0.3, -0.25) is 9.59 Å². The van der Waals surface area contributed by atoms with Crippen LogP contribution in [0.4, 0.5) is 0 Å². The summed E-state index contributed by atoms with van der Waals surface area (Å²) in [6.45, 7) is 0.228. The zero-order valence-electron chi connectivity index (χ0n) is 12.8. The summed E-state index contributed by atoms with van der Waals surface area (Å²) in [7, 11) is 0. The fourth-order valence-corrected chi connectivity index (χ4v) is 3.31. The normalized spacial score (nSPS) is 20.4. The quantitative estimate of drug-likeness (QED) is 0.876. The minimum atomic E-state index is -0.805. The first-order valence-electron chi connectivity index (χ1n) is 8.22. The van der Waals surface area contributed by atoms with E-state index in [-0.39, 0.29) is 12.5 Å². The van der Waals surface area contributed by atoms with E-state index < -0.39 is 11.4 Å². The van der Waals surface area contributed by atoms with Gasteiger partial charge in [0.15, 0.2) is 0 Å². The molecule has 0 spiro atoms. The SMILES string of the molecule is O=C(NCC1(C(=O)O)CC1)c1ccc(C2CCCCC2)cc1. The first kappa shape index (κ1) is 15.1. The Hall–Kier alpha value is -1.84. The second-order valence-electron chi connectivity index (χ2n) is 6.73. The maximum absolute atomic E-state index is 12.1. The van der Waals surface area contributed by atoms with Crippen LogP contribution in [0.2, 0.25) is 0 Å². The summed E-state index contributed by atoms with van der Waals surface area (Å²) in [6.07, 6.45) is 7.72. The predicted molar refractivity (Wildman–Crippen MR) is 83.9 cm³/mol. The Morgan fingerprint density at radius 3 is 2.27 bits per heavy atom. The van der Waals surface area contributed by atoms with Gasteiger partial charge in [-0.25, -0.2) is 0 Å². The molecule has 118 valence electrons. The standard InChI is InChI=1S/C18H23NO3/c20-16(19-12-18(10-11-18)17(21)22)15-8-6-14(7-9-15)13-4-2-1-3-5-13/h6-9,13H,1-5,10-12H2,(H,19,20)(H,21,22). The van der Waals surface area contributed by atoms with E-state index in [1.807, 2.05) is 12.1 Å². The topological polar surface area (TPSA) is 66.4 Å². The highest BCUT2D eigenvalue weighted by Gasteiger charge is 2.50. The zero-order chi connectivity index (χ0) is 15.6. The van der Waals surface area contributed by atoms with Crippen molar-refractivity contribution in [3.63, 3.8) is 0 Å². The van der Waals surface area contributed by atoms with Crippen molar-refractivity contribution in [2.75, 3.05) is 6.54 Å². The third kappa shape index (κ3) is 3.16. The molecule has 3 rings (SSSR count). The van der Waals surface area contributed by atoms with Gasteiger partial charge in [-0.2, -0.15) is 0 Å². The van der Waals surface area contributed by atoms with E-state index in [1.54, 1.807) is 0 Å². The number of carbonyl (C=O) groups excluding carboxylic acids is 1. The number of hydrogen-bond donors (Lipinski definition) is 2. The van der Waals surface area contributed by atoms with Crippen LogP contribution in [0.5, 0.6) is 0 Å². The number of hydrogen-bond acceptors (Lipinski definition) is 2. The van der Waals surface area contributed by atoms with E-state index in [0.717, 1.165) is 0 Å². The summed E-state index contributed by atoms with van der Waals surface area (Å²) in [5.41, 5.74) is 1.22. The van der Waals surface area contributed by atoms with Crippen LogP contribution < -0.4 is 5.32 Å². The third-order valence-corrected chi connectivity index (χ3v) is 5.14. The number of carboxylic acid groups (broad SMARTS) is 1. The first-order chi connectivity index (χ1) is 10.6. The van der Waals surface area contributed by atoms with Crippen molar-refractivity contribution in [2.24, 2.45) is 5.41 Å². The van der Waals surface area contributed by atoms with Crippen molar-refractivity contribution in [3.8, 4) is 0 Å². The number of rotatable bonds is 5. The van der Waals surface area contributed by atoms with Crippen molar-refractivity contribution in [3.05, 3.63) is 35.4 Å². The lowest BCUT2D eigenvalue weighted by molar-refractivity contribution is -0.143. The van der Waals surface area contributed by atoms with Gasteiger partial charge in [0.2, 0.25) is 0 Å². The van der Waals surface area contributed by atoms with Crippen molar-refractivity contribution in [1.82, 2.24) is 5.32 Å². The molecule has 22 heavy (non-hydrogen) atoms. The molecule has 0 radical (unpaired) electrons. The molecule has 1 aromatic carbocycles. The number of amides is 1. The van der Waals surface area contributed by atoms with E-state index in [1.165, 1.54) is 37.7 Å². The maximum Gasteiger partial charge on any atom is 0.311 e. The molecule has 2 aliphatic rings. The van der Waals surface area contributed by atoms with E-state index in [2.05, 4.69) is 17.4 Å². The Balaban J connectivity index is 1.57. The lowest BCUT2D eigenvalue weighted by atomic mass is 9.84. The highest BCUT2D eigenvalue weighted by Crippen LogP contribution is 2.45. The van der Waals surface area contributed by atoms with Gasteiger partial charge >= 0.3 is 5.97 Å². The third-order valence-electron chi connectivity index (χ3n) is 5.14. The molecule has 1 aromatic rings. The van der Waals surface area contributed by atoms with Gasteiger partial charge in [0.25, 0.3) is 5.91 Å². The predicted octanol–water partition coefficient (Wildman–Crippen LogP) is 3.33. The molecule has 2 saturated carbocycles. The monoisotopic (exact) mass is 301 g/mol. The van der Waals surface area contributed by atoms with Crippen molar-refractivity contribution in [1.29, 1.82) is 0 Å². The van der Waals surface area contributed by atoms with Crippen molar-refractivity contribution < 1.29 is 14.7 Å². The van der Waals surface area contributed by atoms with Gasteiger partial charge < -0.3 is 10.4 Å². The number of aliphatic carboxylic acids is 1. The van der Waals surface area contributed by atoms with Crippen LogP contribution >= 0.6 is 0 Å². The molecule has 0 aliphatic heterocycles. The lowest BCUT2D eigenvalue weighted by Gasteiger charge is -2.22. The molecule has 0 unspecified atom stereocenters. The van der Waals surface area contributed by atoms with Crippen LogP contribution in [0.15, 0.2) is 24.3 Å². The summed E-state index contributed by atoms with van der Waals surface area (Å²) in [5, 5.41) is 11.9. The molecule has 1 amide bonds. The first-order valence-corrected chi connectivity index (χ1v) is 8.22. The minimum Gasteiger partial charge on any atom is -0.481 e. The Kier molecular flexibility index (Phi) is 4.19. The summed E-state index contributed by atoms with van der Waals surface area (Å²) in [6, 6.07) is 7.82. The molecule has 4 nitrogen and oxygen atoms in total.